The Morgan fingerprint density at radius 1 is 1.46 bits per heavy atom. The lowest BCUT2D eigenvalue weighted by Gasteiger charge is -2.11. The van der Waals surface area contributed by atoms with E-state index in [1.165, 1.54) is 17.7 Å². The summed E-state index contributed by atoms with van der Waals surface area (Å²) in [5.74, 6) is 0. The standard InChI is InChI=1S/C10H12ClNS/c11-8-2-1-3-9(6-8)13-10(7-12)4-5-10/h1-3,6H,4-5,7,12H2. The van der Waals surface area contributed by atoms with Crippen molar-refractivity contribution in [3.05, 3.63) is 29.3 Å². The number of rotatable bonds is 3. The van der Waals surface area contributed by atoms with Crippen LogP contribution in [0.15, 0.2) is 29.2 Å². The third-order valence-corrected chi connectivity index (χ3v) is 4.04. The van der Waals surface area contributed by atoms with E-state index in [-0.39, 0.29) is 0 Å². The average molecular weight is 214 g/mol. The Labute approximate surface area is 87.7 Å². The minimum absolute atomic E-state index is 0.324. The first kappa shape index (κ1) is 9.38. The fraction of sp³-hybridized carbons (Fsp3) is 0.400. The van der Waals surface area contributed by atoms with Crippen LogP contribution in [0, 0.1) is 0 Å². The molecule has 0 unspecified atom stereocenters. The van der Waals surface area contributed by atoms with Crippen molar-refractivity contribution in [3.63, 3.8) is 0 Å². The zero-order chi connectivity index (χ0) is 9.31. The van der Waals surface area contributed by atoms with Crippen LogP contribution in [-0.4, -0.2) is 11.3 Å². The second-order valence-electron chi connectivity index (χ2n) is 3.45. The van der Waals surface area contributed by atoms with E-state index >= 15 is 0 Å². The number of thioether (sulfide) groups is 1. The molecule has 1 aliphatic rings. The second kappa shape index (κ2) is 3.52. The van der Waals surface area contributed by atoms with E-state index in [0.717, 1.165) is 11.6 Å². The van der Waals surface area contributed by atoms with Gasteiger partial charge in [-0.2, -0.15) is 0 Å². The number of nitrogens with two attached hydrogens (primary N) is 1. The molecule has 1 aromatic rings. The monoisotopic (exact) mass is 213 g/mol. The molecule has 13 heavy (non-hydrogen) atoms. The highest BCUT2D eigenvalue weighted by Gasteiger charge is 2.42. The van der Waals surface area contributed by atoms with E-state index in [2.05, 4.69) is 6.07 Å². The summed E-state index contributed by atoms with van der Waals surface area (Å²) in [7, 11) is 0. The van der Waals surface area contributed by atoms with E-state index in [0.29, 0.717) is 4.75 Å². The molecule has 1 nitrogen and oxygen atoms in total. The highest BCUT2D eigenvalue weighted by atomic mass is 35.5. The first-order chi connectivity index (χ1) is 6.24. The molecule has 0 radical (unpaired) electrons. The molecule has 1 fully saturated rings. The van der Waals surface area contributed by atoms with Gasteiger partial charge in [0.25, 0.3) is 0 Å². The van der Waals surface area contributed by atoms with Crippen molar-refractivity contribution in [2.45, 2.75) is 22.5 Å². The van der Waals surface area contributed by atoms with E-state index in [1.54, 1.807) is 0 Å². The van der Waals surface area contributed by atoms with Crippen LogP contribution in [0.3, 0.4) is 0 Å². The van der Waals surface area contributed by atoms with Gasteiger partial charge in [0.1, 0.15) is 0 Å². The van der Waals surface area contributed by atoms with Crippen LogP contribution in [0.2, 0.25) is 5.02 Å². The number of hydrogen-bond acceptors (Lipinski definition) is 2. The molecule has 3 heteroatoms. The molecule has 0 saturated heterocycles. The van der Waals surface area contributed by atoms with Crippen LogP contribution in [-0.2, 0) is 0 Å². The smallest absolute Gasteiger partial charge is 0.0417 e. The number of hydrogen-bond donors (Lipinski definition) is 1. The Kier molecular flexibility index (Phi) is 2.54. The minimum atomic E-state index is 0.324. The van der Waals surface area contributed by atoms with Gasteiger partial charge >= 0.3 is 0 Å². The highest BCUT2D eigenvalue weighted by molar-refractivity contribution is 8.01. The van der Waals surface area contributed by atoms with Crippen LogP contribution >= 0.6 is 23.4 Å². The Morgan fingerprint density at radius 3 is 2.77 bits per heavy atom. The zero-order valence-electron chi connectivity index (χ0n) is 7.29. The minimum Gasteiger partial charge on any atom is -0.329 e. The molecule has 0 amide bonds. The van der Waals surface area contributed by atoms with Gasteiger partial charge < -0.3 is 5.73 Å². The third kappa shape index (κ3) is 2.19. The summed E-state index contributed by atoms with van der Waals surface area (Å²) in [6.07, 6.45) is 2.47. The van der Waals surface area contributed by atoms with Gasteiger partial charge in [0.05, 0.1) is 0 Å². The molecule has 0 aromatic heterocycles. The van der Waals surface area contributed by atoms with Gasteiger partial charge in [0.2, 0.25) is 0 Å². The van der Waals surface area contributed by atoms with E-state index in [9.17, 15) is 0 Å². The lowest BCUT2D eigenvalue weighted by molar-refractivity contribution is 0.900. The van der Waals surface area contributed by atoms with Crippen molar-refractivity contribution in [1.82, 2.24) is 0 Å². The van der Waals surface area contributed by atoms with Gasteiger partial charge in [-0.25, -0.2) is 0 Å². The van der Waals surface area contributed by atoms with Crippen LogP contribution in [0.25, 0.3) is 0 Å². The maximum Gasteiger partial charge on any atom is 0.0417 e. The average Bonchev–Trinajstić information content (AvgIpc) is 2.86. The fourth-order valence-electron chi connectivity index (χ4n) is 1.27. The maximum atomic E-state index is 5.89. The Bertz CT molecular complexity index is 310. The molecule has 2 rings (SSSR count). The van der Waals surface area contributed by atoms with Gasteiger partial charge in [-0.3, -0.25) is 0 Å². The molecule has 1 aromatic carbocycles. The first-order valence-corrected chi connectivity index (χ1v) is 5.58. The number of benzene rings is 1. The van der Waals surface area contributed by atoms with Gasteiger partial charge in [-0.1, -0.05) is 17.7 Å². The molecule has 0 spiro atoms. The van der Waals surface area contributed by atoms with E-state index in [4.69, 9.17) is 17.3 Å². The molecule has 0 heterocycles. The normalized spacial score (nSPS) is 18.6. The van der Waals surface area contributed by atoms with Crippen molar-refractivity contribution in [3.8, 4) is 0 Å². The van der Waals surface area contributed by atoms with Crippen molar-refractivity contribution in [2.75, 3.05) is 6.54 Å². The Morgan fingerprint density at radius 2 is 2.23 bits per heavy atom. The lowest BCUT2D eigenvalue weighted by Crippen LogP contribution is -2.17. The molecule has 70 valence electrons. The largest absolute Gasteiger partial charge is 0.329 e. The van der Waals surface area contributed by atoms with Gasteiger partial charge in [0.15, 0.2) is 0 Å². The Balaban J connectivity index is 2.09. The quantitative estimate of drug-likeness (QED) is 0.836. The van der Waals surface area contributed by atoms with Crippen LogP contribution < -0.4 is 5.73 Å². The van der Waals surface area contributed by atoms with Gasteiger partial charge in [0, 0.05) is 21.2 Å². The molecular weight excluding hydrogens is 202 g/mol. The molecule has 0 bridgehead atoms. The van der Waals surface area contributed by atoms with Crippen LogP contribution in [0.5, 0.6) is 0 Å². The first-order valence-electron chi connectivity index (χ1n) is 4.39. The summed E-state index contributed by atoms with van der Waals surface area (Å²) < 4.78 is 0.324. The lowest BCUT2D eigenvalue weighted by atomic mass is 10.4. The maximum absolute atomic E-state index is 5.89. The summed E-state index contributed by atoms with van der Waals surface area (Å²) in [6.45, 7) is 0.768. The third-order valence-electron chi connectivity index (χ3n) is 2.31. The second-order valence-corrected chi connectivity index (χ2v) is 5.42. The molecular formula is C10H12ClNS. The fourth-order valence-corrected chi connectivity index (χ4v) is 2.74. The SMILES string of the molecule is NCC1(Sc2cccc(Cl)c2)CC1. The summed E-state index contributed by atoms with van der Waals surface area (Å²) >= 11 is 7.75. The van der Waals surface area contributed by atoms with Crippen molar-refractivity contribution >= 4 is 23.4 Å². The predicted molar refractivity (Wildman–Crippen MR) is 58.3 cm³/mol. The number of halogens is 1. The molecule has 1 saturated carbocycles. The van der Waals surface area contributed by atoms with E-state index in [1.807, 2.05) is 30.0 Å². The highest BCUT2D eigenvalue weighted by Crippen LogP contribution is 2.50. The van der Waals surface area contributed by atoms with Crippen LogP contribution in [0.4, 0.5) is 0 Å². The topological polar surface area (TPSA) is 26.0 Å². The summed E-state index contributed by atoms with van der Waals surface area (Å²) in [5, 5.41) is 0.804. The Hall–Kier alpha value is -0.180. The zero-order valence-corrected chi connectivity index (χ0v) is 8.87. The summed E-state index contributed by atoms with van der Waals surface area (Å²) in [4.78, 5) is 1.23. The van der Waals surface area contributed by atoms with Gasteiger partial charge in [-0.15, -0.1) is 11.8 Å². The summed E-state index contributed by atoms with van der Waals surface area (Å²) in [6, 6.07) is 7.97. The van der Waals surface area contributed by atoms with Gasteiger partial charge in [-0.05, 0) is 31.0 Å². The molecule has 1 aliphatic carbocycles. The predicted octanol–water partition coefficient (Wildman–Crippen LogP) is 2.92. The molecule has 0 atom stereocenters. The van der Waals surface area contributed by atoms with Crippen molar-refractivity contribution in [1.29, 1.82) is 0 Å². The van der Waals surface area contributed by atoms with Crippen molar-refractivity contribution in [2.24, 2.45) is 5.73 Å². The van der Waals surface area contributed by atoms with Crippen LogP contribution in [0.1, 0.15) is 12.8 Å². The molecule has 0 aliphatic heterocycles. The molecule has 2 N–H and O–H groups in total. The summed E-state index contributed by atoms with van der Waals surface area (Å²) in [5.41, 5.74) is 5.70. The van der Waals surface area contributed by atoms with E-state index < -0.39 is 0 Å². The van der Waals surface area contributed by atoms with Crippen molar-refractivity contribution < 1.29 is 0 Å².